The number of benzene rings is 2. The molecule has 0 saturated carbocycles. The van der Waals surface area contributed by atoms with Crippen molar-refractivity contribution in [3.8, 4) is 5.75 Å². The first kappa shape index (κ1) is 20.5. The maximum atomic E-state index is 12.7. The Balaban J connectivity index is 2.01. The highest BCUT2D eigenvalue weighted by atomic mass is 16.5. The lowest BCUT2D eigenvalue weighted by molar-refractivity contribution is -0.118. The van der Waals surface area contributed by atoms with Crippen molar-refractivity contribution in [1.82, 2.24) is 5.32 Å². The fourth-order valence-corrected chi connectivity index (χ4v) is 2.50. The first-order valence-electron chi connectivity index (χ1n) is 9.02. The van der Waals surface area contributed by atoms with Gasteiger partial charge in [-0.25, -0.2) is 0 Å². The van der Waals surface area contributed by atoms with Crippen LogP contribution in [0.1, 0.15) is 29.8 Å². The van der Waals surface area contributed by atoms with E-state index in [1.54, 1.807) is 36.4 Å². The van der Waals surface area contributed by atoms with Crippen LogP contribution in [0.3, 0.4) is 0 Å². The van der Waals surface area contributed by atoms with E-state index in [1.165, 1.54) is 0 Å². The summed E-state index contributed by atoms with van der Waals surface area (Å²) in [7, 11) is 0. The fourth-order valence-electron chi connectivity index (χ4n) is 2.50. The number of ether oxygens (including phenoxy) is 1. The van der Waals surface area contributed by atoms with Gasteiger partial charge in [-0.15, -0.1) is 0 Å². The number of aryl methyl sites for hydroxylation is 1. The Morgan fingerprint density at radius 3 is 2.22 bits per heavy atom. The zero-order valence-corrected chi connectivity index (χ0v) is 16.0. The second-order valence-corrected chi connectivity index (χ2v) is 6.71. The maximum absolute atomic E-state index is 12.7. The Hall–Kier alpha value is -2.86. The third-order valence-corrected chi connectivity index (χ3v) is 4.06. The molecule has 0 heterocycles. The van der Waals surface area contributed by atoms with Gasteiger partial charge in [0.1, 0.15) is 18.4 Å². The van der Waals surface area contributed by atoms with E-state index in [2.05, 4.69) is 10.6 Å². The van der Waals surface area contributed by atoms with Gasteiger partial charge in [-0.1, -0.05) is 31.5 Å². The third kappa shape index (κ3) is 6.11. The minimum absolute atomic E-state index is 0.0634. The molecule has 0 aliphatic carbocycles. The molecule has 0 spiro atoms. The van der Waals surface area contributed by atoms with Crippen LogP contribution in [-0.2, 0) is 4.79 Å². The van der Waals surface area contributed by atoms with Gasteiger partial charge in [-0.3, -0.25) is 9.59 Å². The number of carbonyl (C=O) groups is 2. The molecule has 6 nitrogen and oxygen atoms in total. The van der Waals surface area contributed by atoms with E-state index >= 15 is 0 Å². The summed E-state index contributed by atoms with van der Waals surface area (Å²) in [5.74, 6) is 0.0913. The SMILES string of the molecule is Cc1ccc(C(=O)NC(C(=O)Nc2ccc(OCCN)cc2)C(C)C)cc1. The minimum Gasteiger partial charge on any atom is -0.492 e. The van der Waals surface area contributed by atoms with Crippen LogP contribution >= 0.6 is 0 Å². The van der Waals surface area contributed by atoms with Crippen LogP contribution in [0.15, 0.2) is 48.5 Å². The molecule has 0 saturated heterocycles. The lowest BCUT2D eigenvalue weighted by Crippen LogP contribution is -2.47. The average molecular weight is 369 g/mol. The fraction of sp³-hybridized carbons (Fsp3) is 0.333. The van der Waals surface area contributed by atoms with Crippen molar-refractivity contribution in [3.05, 3.63) is 59.7 Å². The number of anilines is 1. The summed E-state index contributed by atoms with van der Waals surface area (Å²) < 4.78 is 5.42. The van der Waals surface area contributed by atoms with Gasteiger partial charge in [-0.2, -0.15) is 0 Å². The van der Waals surface area contributed by atoms with Crippen molar-refractivity contribution in [3.63, 3.8) is 0 Å². The van der Waals surface area contributed by atoms with Crippen molar-refractivity contribution >= 4 is 17.5 Å². The van der Waals surface area contributed by atoms with Crippen LogP contribution < -0.4 is 21.1 Å². The smallest absolute Gasteiger partial charge is 0.251 e. The first-order valence-corrected chi connectivity index (χ1v) is 9.02. The number of carbonyl (C=O) groups excluding carboxylic acids is 2. The molecule has 0 aromatic heterocycles. The molecule has 2 aromatic carbocycles. The van der Waals surface area contributed by atoms with Crippen molar-refractivity contribution in [2.24, 2.45) is 11.7 Å². The van der Waals surface area contributed by atoms with Gasteiger partial charge in [0.15, 0.2) is 0 Å². The number of nitrogens with one attached hydrogen (secondary N) is 2. The van der Waals surface area contributed by atoms with Gasteiger partial charge >= 0.3 is 0 Å². The van der Waals surface area contributed by atoms with Crippen molar-refractivity contribution in [2.75, 3.05) is 18.5 Å². The molecule has 27 heavy (non-hydrogen) atoms. The molecule has 6 heteroatoms. The lowest BCUT2D eigenvalue weighted by Gasteiger charge is -2.22. The zero-order valence-electron chi connectivity index (χ0n) is 16.0. The summed E-state index contributed by atoms with van der Waals surface area (Å²) in [4.78, 5) is 25.1. The van der Waals surface area contributed by atoms with E-state index in [4.69, 9.17) is 10.5 Å². The number of nitrogens with two attached hydrogens (primary N) is 1. The predicted octanol–water partition coefficient (Wildman–Crippen LogP) is 2.73. The molecule has 2 rings (SSSR count). The number of hydrogen-bond donors (Lipinski definition) is 3. The normalized spacial score (nSPS) is 11.7. The molecular weight excluding hydrogens is 342 g/mol. The Labute approximate surface area is 160 Å². The van der Waals surface area contributed by atoms with Gasteiger partial charge in [0, 0.05) is 17.8 Å². The molecule has 0 aliphatic heterocycles. The van der Waals surface area contributed by atoms with Crippen molar-refractivity contribution in [2.45, 2.75) is 26.8 Å². The van der Waals surface area contributed by atoms with Gasteiger partial charge < -0.3 is 21.1 Å². The average Bonchev–Trinajstić information content (AvgIpc) is 2.65. The second-order valence-electron chi connectivity index (χ2n) is 6.71. The molecule has 0 fully saturated rings. The highest BCUT2D eigenvalue weighted by molar-refractivity contribution is 6.01. The van der Waals surface area contributed by atoms with Crippen LogP contribution in [0.25, 0.3) is 0 Å². The van der Waals surface area contributed by atoms with Gasteiger partial charge in [-0.05, 0) is 49.2 Å². The second kappa shape index (κ2) is 9.73. The summed E-state index contributed by atoms with van der Waals surface area (Å²) >= 11 is 0. The summed E-state index contributed by atoms with van der Waals surface area (Å²) in [5.41, 5.74) is 7.64. The number of amides is 2. The van der Waals surface area contributed by atoms with Crippen LogP contribution in [0.5, 0.6) is 5.75 Å². The van der Waals surface area contributed by atoms with E-state index in [0.717, 1.165) is 5.56 Å². The molecule has 0 bridgehead atoms. The van der Waals surface area contributed by atoms with Crippen LogP contribution in [0.4, 0.5) is 5.69 Å². The maximum Gasteiger partial charge on any atom is 0.251 e. The van der Waals surface area contributed by atoms with E-state index in [9.17, 15) is 9.59 Å². The zero-order chi connectivity index (χ0) is 19.8. The monoisotopic (exact) mass is 369 g/mol. The molecule has 2 amide bonds. The lowest BCUT2D eigenvalue weighted by atomic mass is 10.0. The number of hydrogen-bond acceptors (Lipinski definition) is 4. The Kier molecular flexibility index (Phi) is 7.37. The van der Waals surface area contributed by atoms with E-state index in [0.29, 0.717) is 30.2 Å². The van der Waals surface area contributed by atoms with Crippen LogP contribution in [0.2, 0.25) is 0 Å². The Morgan fingerprint density at radius 1 is 1.04 bits per heavy atom. The summed E-state index contributed by atoms with van der Waals surface area (Å²) in [5, 5.41) is 5.66. The third-order valence-electron chi connectivity index (χ3n) is 4.06. The van der Waals surface area contributed by atoms with E-state index < -0.39 is 6.04 Å². The molecule has 2 aromatic rings. The van der Waals surface area contributed by atoms with E-state index in [1.807, 2.05) is 32.9 Å². The van der Waals surface area contributed by atoms with Crippen molar-refractivity contribution < 1.29 is 14.3 Å². The van der Waals surface area contributed by atoms with E-state index in [-0.39, 0.29) is 17.7 Å². The van der Waals surface area contributed by atoms with Crippen LogP contribution in [0, 0.1) is 12.8 Å². The molecule has 0 aliphatic rings. The largest absolute Gasteiger partial charge is 0.492 e. The quantitative estimate of drug-likeness (QED) is 0.667. The molecule has 0 radical (unpaired) electrons. The molecule has 1 atom stereocenters. The minimum atomic E-state index is -0.646. The summed E-state index contributed by atoms with van der Waals surface area (Å²) in [6.45, 7) is 6.62. The topological polar surface area (TPSA) is 93.5 Å². The van der Waals surface area contributed by atoms with Gasteiger partial charge in [0.05, 0.1) is 0 Å². The van der Waals surface area contributed by atoms with Crippen molar-refractivity contribution in [1.29, 1.82) is 0 Å². The van der Waals surface area contributed by atoms with Gasteiger partial charge in [0.2, 0.25) is 5.91 Å². The standard InChI is InChI=1S/C21H27N3O3/c1-14(2)19(24-20(25)16-6-4-15(3)5-7-16)21(26)23-17-8-10-18(11-9-17)27-13-12-22/h4-11,14,19H,12-13,22H2,1-3H3,(H,23,26)(H,24,25). The highest BCUT2D eigenvalue weighted by Crippen LogP contribution is 2.16. The molecule has 144 valence electrons. The van der Waals surface area contributed by atoms with Gasteiger partial charge in [0.25, 0.3) is 5.91 Å². The number of rotatable bonds is 8. The Bertz CT molecular complexity index is 755. The Morgan fingerprint density at radius 2 is 1.67 bits per heavy atom. The highest BCUT2D eigenvalue weighted by Gasteiger charge is 2.24. The first-order chi connectivity index (χ1) is 12.9. The summed E-state index contributed by atoms with van der Waals surface area (Å²) in [6.07, 6.45) is 0. The molecular formula is C21H27N3O3. The molecule has 1 unspecified atom stereocenters. The summed E-state index contributed by atoms with van der Waals surface area (Å²) in [6, 6.07) is 13.6. The molecule has 4 N–H and O–H groups in total. The predicted molar refractivity (Wildman–Crippen MR) is 107 cm³/mol. The van der Waals surface area contributed by atoms with Crippen LogP contribution in [-0.4, -0.2) is 31.0 Å².